The number of aliphatic carboxylic acids is 2. The van der Waals surface area contributed by atoms with Crippen LogP contribution in [-0.2, 0) is 9.59 Å². The Bertz CT molecular complexity index is 999. The highest BCUT2D eigenvalue weighted by molar-refractivity contribution is 6.13. The van der Waals surface area contributed by atoms with Crippen molar-refractivity contribution in [2.75, 3.05) is 36.0 Å². The minimum atomic E-state index is -1.62. The number of carboxylic acid groups (broad SMARTS) is 2. The van der Waals surface area contributed by atoms with Crippen LogP contribution in [0.1, 0.15) is 45.1 Å². The number of allylic oxidation sites excluding steroid dienone is 1. The monoisotopic (exact) mass is 464 g/mol. The number of rotatable bonds is 9. The number of nitrogens with one attached hydrogen (secondary N) is 1. The fourth-order valence-corrected chi connectivity index (χ4v) is 4.64. The molecule has 0 unspecified atom stereocenters. The maximum atomic E-state index is 15.4. The van der Waals surface area contributed by atoms with Crippen LogP contribution in [0.4, 0.5) is 21.5 Å². The lowest BCUT2D eigenvalue weighted by Gasteiger charge is -2.37. The van der Waals surface area contributed by atoms with E-state index in [1.54, 1.807) is 11.8 Å². The lowest BCUT2D eigenvalue weighted by Crippen LogP contribution is -2.44. The van der Waals surface area contributed by atoms with Gasteiger partial charge in [-0.2, -0.15) is 0 Å². The molecule has 1 saturated carbocycles. The standard InChI is InChI=1S/C22H29FN4O6/c1-4-14(17(20(28)29)21(30)31)26(22(5-2)6-7-22)16-12-15(25-10-8-24-9-11-25)18(23)13(3)19(16)27(32)33/h12,24H,4-11H2,1-3H3,(H,28,29)(H,30,31). The second-order valence-electron chi connectivity index (χ2n) is 8.40. The molecule has 2 fully saturated rings. The highest BCUT2D eigenvalue weighted by atomic mass is 19.1. The summed E-state index contributed by atoms with van der Waals surface area (Å²) < 4.78 is 15.4. The van der Waals surface area contributed by atoms with Crippen LogP contribution in [0.3, 0.4) is 0 Å². The van der Waals surface area contributed by atoms with Gasteiger partial charge in [-0.25, -0.2) is 14.0 Å². The van der Waals surface area contributed by atoms with Gasteiger partial charge < -0.3 is 25.3 Å². The molecular formula is C22H29FN4O6. The largest absolute Gasteiger partial charge is 0.477 e. The molecular weight excluding hydrogens is 435 g/mol. The molecule has 1 saturated heterocycles. The fraction of sp³-hybridized carbons (Fsp3) is 0.545. The molecule has 33 heavy (non-hydrogen) atoms. The Morgan fingerprint density at radius 2 is 1.82 bits per heavy atom. The predicted molar refractivity (Wildman–Crippen MR) is 120 cm³/mol. The van der Waals surface area contributed by atoms with E-state index in [2.05, 4.69) is 5.32 Å². The van der Waals surface area contributed by atoms with Crippen molar-refractivity contribution in [3.8, 4) is 0 Å². The number of hydrogen-bond donors (Lipinski definition) is 3. The van der Waals surface area contributed by atoms with Gasteiger partial charge in [-0.3, -0.25) is 10.1 Å². The molecule has 0 bridgehead atoms. The molecule has 1 heterocycles. The van der Waals surface area contributed by atoms with Crippen LogP contribution in [0.25, 0.3) is 0 Å². The van der Waals surface area contributed by atoms with Crippen LogP contribution in [0.15, 0.2) is 17.3 Å². The van der Waals surface area contributed by atoms with Gasteiger partial charge in [-0.15, -0.1) is 0 Å². The minimum absolute atomic E-state index is 0.0201. The van der Waals surface area contributed by atoms with Crippen LogP contribution < -0.4 is 15.1 Å². The molecule has 1 aliphatic heterocycles. The Hall–Kier alpha value is -3.21. The molecule has 1 aliphatic carbocycles. The SMILES string of the molecule is CCC(=C(C(=O)O)C(=O)O)N(c1cc(N2CCNCC2)c(F)c(C)c1[N+](=O)[O-])C1(CC)CC1. The molecule has 0 amide bonds. The number of carboxylic acids is 2. The van der Waals surface area contributed by atoms with Crippen molar-refractivity contribution in [2.24, 2.45) is 0 Å². The molecule has 11 heteroatoms. The maximum Gasteiger partial charge on any atom is 0.344 e. The summed E-state index contributed by atoms with van der Waals surface area (Å²) in [6.07, 6.45) is 1.75. The summed E-state index contributed by atoms with van der Waals surface area (Å²) in [5, 5.41) is 34.6. The first kappa shape index (κ1) is 24.4. The molecule has 3 rings (SSSR count). The molecule has 2 aliphatic rings. The molecule has 3 N–H and O–H groups in total. The first-order chi connectivity index (χ1) is 15.6. The number of nitro groups is 1. The third-order valence-corrected chi connectivity index (χ3v) is 6.59. The predicted octanol–water partition coefficient (Wildman–Crippen LogP) is 3.03. The molecule has 1 aromatic carbocycles. The number of hydrogen-bond acceptors (Lipinski definition) is 7. The van der Waals surface area contributed by atoms with E-state index in [9.17, 15) is 29.9 Å². The van der Waals surface area contributed by atoms with E-state index in [4.69, 9.17) is 0 Å². The third kappa shape index (κ3) is 4.37. The van der Waals surface area contributed by atoms with Crippen LogP contribution in [0, 0.1) is 22.9 Å². The fourth-order valence-electron chi connectivity index (χ4n) is 4.64. The number of halogens is 1. The van der Waals surface area contributed by atoms with Crippen LogP contribution in [0.2, 0.25) is 0 Å². The lowest BCUT2D eigenvalue weighted by molar-refractivity contribution is -0.384. The van der Waals surface area contributed by atoms with Gasteiger partial charge in [-0.05, 0) is 38.7 Å². The molecule has 10 nitrogen and oxygen atoms in total. The summed E-state index contributed by atoms with van der Waals surface area (Å²) in [7, 11) is 0. The number of nitrogens with zero attached hydrogens (tertiary/aromatic N) is 3. The Labute approximate surface area is 190 Å². The van der Waals surface area contributed by atoms with Crippen molar-refractivity contribution in [3.05, 3.63) is 38.8 Å². The topological polar surface area (TPSA) is 136 Å². The molecule has 180 valence electrons. The average Bonchev–Trinajstić information content (AvgIpc) is 3.56. The van der Waals surface area contributed by atoms with Crippen molar-refractivity contribution in [1.29, 1.82) is 0 Å². The second kappa shape index (κ2) is 9.34. The Morgan fingerprint density at radius 3 is 2.24 bits per heavy atom. The first-order valence-electron chi connectivity index (χ1n) is 11.0. The van der Waals surface area contributed by atoms with Crippen LogP contribution in [0.5, 0.6) is 0 Å². The van der Waals surface area contributed by atoms with E-state index < -0.39 is 39.5 Å². The number of anilines is 2. The Kier molecular flexibility index (Phi) is 6.92. The molecule has 0 radical (unpaired) electrons. The smallest absolute Gasteiger partial charge is 0.344 e. The quantitative estimate of drug-likeness (QED) is 0.166. The summed E-state index contributed by atoms with van der Waals surface area (Å²) in [6.45, 7) is 7.05. The van der Waals surface area contributed by atoms with E-state index in [-0.39, 0.29) is 29.1 Å². The Morgan fingerprint density at radius 1 is 1.24 bits per heavy atom. The number of nitro benzene ring substituents is 1. The normalized spacial score (nSPS) is 16.8. The van der Waals surface area contributed by atoms with Crippen molar-refractivity contribution < 1.29 is 29.1 Å². The van der Waals surface area contributed by atoms with Gasteiger partial charge in [0.2, 0.25) is 0 Å². The van der Waals surface area contributed by atoms with Crippen LogP contribution in [-0.4, -0.2) is 58.8 Å². The zero-order chi connectivity index (χ0) is 24.5. The van der Waals surface area contributed by atoms with Crippen molar-refractivity contribution in [3.63, 3.8) is 0 Å². The molecule has 0 atom stereocenters. The summed E-state index contributed by atoms with van der Waals surface area (Å²) in [4.78, 5) is 38.5. The van der Waals surface area contributed by atoms with E-state index in [1.807, 2.05) is 6.92 Å². The van der Waals surface area contributed by atoms with Crippen molar-refractivity contribution >= 4 is 29.0 Å². The summed E-state index contributed by atoms with van der Waals surface area (Å²) >= 11 is 0. The van der Waals surface area contributed by atoms with Gasteiger partial charge in [0.15, 0.2) is 11.4 Å². The molecule has 0 spiro atoms. The zero-order valence-electron chi connectivity index (χ0n) is 19.0. The summed E-state index contributed by atoms with van der Waals surface area (Å²) in [5.74, 6) is -3.95. The van der Waals surface area contributed by atoms with Gasteiger partial charge in [0, 0.05) is 37.4 Å². The van der Waals surface area contributed by atoms with Crippen LogP contribution >= 0.6 is 0 Å². The first-order valence-corrected chi connectivity index (χ1v) is 11.0. The maximum absolute atomic E-state index is 15.4. The van der Waals surface area contributed by atoms with Crippen molar-refractivity contribution in [1.82, 2.24) is 5.32 Å². The van der Waals surface area contributed by atoms with Crippen molar-refractivity contribution in [2.45, 2.75) is 52.0 Å². The highest BCUT2D eigenvalue weighted by Gasteiger charge is 2.51. The summed E-state index contributed by atoms with van der Waals surface area (Å²) in [5.41, 5.74) is -1.96. The van der Waals surface area contributed by atoms with Gasteiger partial charge in [0.05, 0.1) is 16.2 Å². The second-order valence-corrected chi connectivity index (χ2v) is 8.40. The minimum Gasteiger partial charge on any atom is -0.477 e. The Balaban J connectivity index is 2.38. The van der Waals surface area contributed by atoms with Gasteiger partial charge in [-0.1, -0.05) is 13.8 Å². The van der Waals surface area contributed by atoms with E-state index >= 15 is 4.39 Å². The molecule has 1 aromatic rings. The van der Waals surface area contributed by atoms with Gasteiger partial charge >= 0.3 is 11.9 Å². The van der Waals surface area contributed by atoms with E-state index in [0.29, 0.717) is 45.4 Å². The average molecular weight is 464 g/mol. The van der Waals surface area contributed by atoms with Gasteiger partial charge in [0.1, 0.15) is 5.69 Å². The number of piperazine rings is 1. The zero-order valence-corrected chi connectivity index (χ0v) is 19.0. The van der Waals surface area contributed by atoms with E-state index in [1.165, 1.54) is 17.9 Å². The number of benzene rings is 1. The summed E-state index contributed by atoms with van der Waals surface area (Å²) in [6, 6.07) is 1.39. The van der Waals surface area contributed by atoms with Gasteiger partial charge in [0.25, 0.3) is 5.69 Å². The lowest BCUT2D eigenvalue weighted by atomic mass is 10.0. The third-order valence-electron chi connectivity index (χ3n) is 6.59. The molecule has 0 aromatic heterocycles. The highest BCUT2D eigenvalue weighted by Crippen LogP contribution is 2.53. The number of carbonyl (C=O) groups is 2. The van der Waals surface area contributed by atoms with E-state index in [0.717, 1.165) is 0 Å².